The average molecular weight is 284 g/mol. The number of amides is 1. The predicted molar refractivity (Wildman–Crippen MR) is 79.7 cm³/mol. The molecule has 0 bridgehead atoms. The van der Waals surface area contributed by atoms with Crippen LogP contribution in [0.5, 0.6) is 0 Å². The minimum atomic E-state index is -0.01000. The lowest BCUT2D eigenvalue weighted by Gasteiger charge is -2.03. The number of thioether (sulfide) groups is 1. The highest BCUT2D eigenvalue weighted by atomic mass is 32.2. The highest BCUT2D eigenvalue weighted by molar-refractivity contribution is 8.01. The van der Waals surface area contributed by atoms with Crippen LogP contribution in [0.15, 0.2) is 4.21 Å². The monoisotopic (exact) mass is 284 g/mol. The number of hydrogen-bond donors (Lipinski definition) is 2. The predicted octanol–water partition coefficient (Wildman–Crippen LogP) is 3.46. The Bertz CT molecular complexity index is 438. The van der Waals surface area contributed by atoms with Crippen molar-refractivity contribution in [3.8, 4) is 0 Å². The Morgan fingerprint density at radius 2 is 2.22 bits per heavy atom. The van der Waals surface area contributed by atoms with Gasteiger partial charge in [0.25, 0.3) is 5.91 Å². The van der Waals surface area contributed by atoms with Crippen LogP contribution in [0.4, 0.5) is 5.69 Å². The maximum absolute atomic E-state index is 12.0. The highest BCUT2D eigenvalue weighted by Gasteiger charge is 2.32. The second-order valence-electron chi connectivity index (χ2n) is 4.51. The molecule has 1 amide bonds. The fourth-order valence-electron chi connectivity index (χ4n) is 1.92. The maximum Gasteiger partial charge on any atom is 0.263 e. The summed E-state index contributed by atoms with van der Waals surface area (Å²) >= 11 is 3.37. The van der Waals surface area contributed by atoms with Crippen LogP contribution in [0, 0.1) is 0 Å². The van der Waals surface area contributed by atoms with Crippen LogP contribution >= 0.6 is 23.1 Å². The number of nitrogens with two attached hydrogens (primary N) is 1. The molecule has 1 aromatic heterocycles. The van der Waals surface area contributed by atoms with Gasteiger partial charge in [0.1, 0.15) is 4.88 Å². The van der Waals surface area contributed by atoms with E-state index in [4.69, 9.17) is 5.73 Å². The maximum atomic E-state index is 12.0. The number of rotatable bonds is 6. The number of thiophene rings is 1. The standard InChI is InChI=1S/C13H20N2OS2/c1-3-7-15-12(16)11-10(14)9(8-5-6-8)13(18-11)17-4-2/h8H,3-7,14H2,1-2H3,(H,15,16). The Morgan fingerprint density at radius 1 is 1.50 bits per heavy atom. The zero-order valence-electron chi connectivity index (χ0n) is 10.9. The molecule has 100 valence electrons. The zero-order chi connectivity index (χ0) is 13.1. The number of carbonyl (C=O) groups excluding carboxylic acids is 1. The summed E-state index contributed by atoms with van der Waals surface area (Å²) < 4.78 is 1.25. The van der Waals surface area contributed by atoms with Gasteiger partial charge in [0.2, 0.25) is 0 Å². The first-order chi connectivity index (χ1) is 8.69. The van der Waals surface area contributed by atoms with Crippen LogP contribution in [0.3, 0.4) is 0 Å². The summed E-state index contributed by atoms with van der Waals surface area (Å²) in [6.45, 7) is 4.89. The first-order valence-corrected chi connectivity index (χ1v) is 8.32. The third-order valence-corrected chi connectivity index (χ3v) is 5.34. The first kappa shape index (κ1) is 13.7. The Kier molecular flexibility index (Phi) is 4.56. The number of nitrogens with one attached hydrogen (secondary N) is 1. The lowest BCUT2D eigenvalue weighted by molar-refractivity contribution is 0.0958. The molecular weight excluding hydrogens is 264 g/mol. The first-order valence-electron chi connectivity index (χ1n) is 6.52. The summed E-state index contributed by atoms with van der Waals surface area (Å²) in [5, 5.41) is 2.91. The van der Waals surface area contributed by atoms with E-state index in [9.17, 15) is 4.79 Å². The molecule has 0 aromatic carbocycles. The van der Waals surface area contributed by atoms with Crippen molar-refractivity contribution in [1.82, 2.24) is 5.32 Å². The number of nitrogen functional groups attached to an aromatic ring is 1. The number of hydrogen-bond acceptors (Lipinski definition) is 4. The SMILES string of the molecule is CCCNC(=O)c1sc(SCC)c(C2CC2)c1N. The normalized spacial score (nSPS) is 14.8. The van der Waals surface area contributed by atoms with Crippen LogP contribution in [0.25, 0.3) is 0 Å². The minimum absolute atomic E-state index is 0.01000. The molecular formula is C13H20N2OS2. The third-order valence-electron chi connectivity index (χ3n) is 2.95. The van der Waals surface area contributed by atoms with Crippen molar-refractivity contribution >= 4 is 34.7 Å². The van der Waals surface area contributed by atoms with Gasteiger partial charge < -0.3 is 11.1 Å². The number of anilines is 1. The number of carbonyl (C=O) groups is 1. The molecule has 3 nitrogen and oxygen atoms in total. The van der Waals surface area contributed by atoms with Crippen molar-refractivity contribution in [3.63, 3.8) is 0 Å². The van der Waals surface area contributed by atoms with Gasteiger partial charge >= 0.3 is 0 Å². The van der Waals surface area contributed by atoms with E-state index in [0.29, 0.717) is 17.3 Å². The second-order valence-corrected chi connectivity index (χ2v) is 7.06. The molecule has 1 aliphatic carbocycles. The zero-order valence-corrected chi connectivity index (χ0v) is 12.5. The largest absolute Gasteiger partial charge is 0.397 e. The highest BCUT2D eigenvalue weighted by Crippen LogP contribution is 2.51. The quantitative estimate of drug-likeness (QED) is 0.787. The van der Waals surface area contributed by atoms with Gasteiger partial charge in [0.15, 0.2) is 0 Å². The van der Waals surface area contributed by atoms with Crippen LogP contribution in [-0.2, 0) is 0 Å². The van der Waals surface area contributed by atoms with Crippen molar-refractivity contribution in [1.29, 1.82) is 0 Å². The van der Waals surface area contributed by atoms with Crippen LogP contribution < -0.4 is 11.1 Å². The van der Waals surface area contributed by atoms with Crippen LogP contribution in [-0.4, -0.2) is 18.2 Å². The van der Waals surface area contributed by atoms with Crippen molar-refractivity contribution in [2.75, 3.05) is 18.0 Å². The van der Waals surface area contributed by atoms with Gasteiger partial charge in [0, 0.05) is 12.1 Å². The molecule has 0 unspecified atom stereocenters. The van der Waals surface area contributed by atoms with Gasteiger partial charge in [-0.05, 0) is 30.9 Å². The fraction of sp³-hybridized carbons (Fsp3) is 0.615. The van der Waals surface area contributed by atoms with E-state index in [2.05, 4.69) is 12.2 Å². The van der Waals surface area contributed by atoms with E-state index < -0.39 is 0 Å². The summed E-state index contributed by atoms with van der Waals surface area (Å²) in [7, 11) is 0. The van der Waals surface area contributed by atoms with E-state index in [1.165, 1.54) is 22.6 Å². The van der Waals surface area contributed by atoms with Gasteiger partial charge in [-0.3, -0.25) is 4.79 Å². The summed E-state index contributed by atoms with van der Waals surface area (Å²) in [5.74, 6) is 1.61. The molecule has 5 heteroatoms. The van der Waals surface area contributed by atoms with Crippen LogP contribution in [0.2, 0.25) is 0 Å². The molecule has 18 heavy (non-hydrogen) atoms. The summed E-state index contributed by atoms with van der Waals surface area (Å²) in [6.07, 6.45) is 3.38. The smallest absolute Gasteiger partial charge is 0.263 e. The Hall–Kier alpha value is -0.680. The topological polar surface area (TPSA) is 55.1 Å². The van der Waals surface area contributed by atoms with Gasteiger partial charge in [0.05, 0.1) is 9.90 Å². The van der Waals surface area contributed by atoms with Gasteiger partial charge in [-0.2, -0.15) is 0 Å². The molecule has 0 aliphatic heterocycles. The molecule has 1 aliphatic rings. The summed E-state index contributed by atoms with van der Waals surface area (Å²) in [5.41, 5.74) is 8.16. The molecule has 1 aromatic rings. The van der Waals surface area contributed by atoms with E-state index in [0.717, 1.165) is 17.9 Å². The van der Waals surface area contributed by atoms with Gasteiger partial charge in [-0.1, -0.05) is 13.8 Å². The van der Waals surface area contributed by atoms with Crippen molar-refractivity contribution in [3.05, 3.63) is 10.4 Å². The average Bonchev–Trinajstić information content (AvgIpc) is 3.13. The Morgan fingerprint density at radius 3 is 2.78 bits per heavy atom. The van der Waals surface area contributed by atoms with Gasteiger partial charge in [-0.25, -0.2) is 0 Å². The van der Waals surface area contributed by atoms with Crippen molar-refractivity contribution < 1.29 is 4.79 Å². The third kappa shape index (κ3) is 2.83. The summed E-state index contributed by atoms with van der Waals surface area (Å²) in [6, 6.07) is 0. The lowest BCUT2D eigenvalue weighted by atomic mass is 10.1. The molecule has 0 radical (unpaired) electrons. The Labute approximate surface area is 117 Å². The Balaban J connectivity index is 2.24. The fourth-order valence-corrected chi connectivity index (χ4v) is 4.41. The molecule has 0 atom stereocenters. The molecule has 1 saturated carbocycles. The molecule has 2 rings (SSSR count). The molecule has 0 saturated heterocycles. The minimum Gasteiger partial charge on any atom is -0.397 e. The molecule has 3 N–H and O–H groups in total. The van der Waals surface area contributed by atoms with Crippen molar-refractivity contribution in [2.45, 2.75) is 43.2 Å². The van der Waals surface area contributed by atoms with Gasteiger partial charge in [-0.15, -0.1) is 23.1 Å². The van der Waals surface area contributed by atoms with E-state index in [-0.39, 0.29) is 5.91 Å². The molecule has 1 heterocycles. The summed E-state index contributed by atoms with van der Waals surface area (Å²) in [4.78, 5) is 12.8. The van der Waals surface area contributed by atoms with E-state index >= 15 is 0 Å². The van der Waals surface area contributed by atoms with E-state index in [1.807, 2.05) is 6.92 Å². The second kappa shape index (κ2) is 5.97. The molecule has 1 fully saturated rings. The van der Waals surface area contributed by atoms with E-state index in [1.54, 1.807) is 23.1 Å². The lowest BCUT2D eigenvalue weighted by Crippen LogP contribution is -2.23. The molecule has 0 spiro atoms. The van der Waals surface area contributed by atoms with Crippen LogP contribution in [0.1, 0.15) is 54.3 Å². The van der Waals surface area contributed by atoms with Crippen molar-refractivity contribution in [2.24, 2.45) is 0 Å².